The van der Waals surface area contributed by atoms with Crippen LogP contribution in [0.4, 0.5) is 35.0 Å². The number of nitrogen functional groups attached to an aromatic ring is 1. The van der Waals surface area contributed by atoms with Crippen molar-refractivity contribution in [1.82, 2.24) is 10.3 Å². The van der Waals surface area contributed by atoms with Gasteiger partial charge in [-0.25, -0.2) is 9.59 Å². The van der Waals surface area contributed by atoms with Crippen molar-refractivity contribution in [2.45, 2.75) is 25.7 Å². The van der Waals surface area contributed by atoms with E-state index in [1.807, 2.05) is 55.5 Å². The number of carboxylic acid groups (broad SMARTS) is 1. The van der Waals surface area contributed by atoms with Gasteiger partial charge in [-0.15, -0.1) is 0 Å². The number of carboxylic acids is 1. The second-order valence-electron chi connectivity index (χ2n) is 9.45. The number of hydrogen-bond donors (Lipinski definition) is 7. The van der Waals surface area contributed by atoms with E-state index in [1.165, 1.54) is 0 Å². The topological polar surface area (TPSA) is 182 Å². The first-order valence-electron chi connectivity index (χ1n) is 13.3. The van der Waals surface area contributed by atoms with E-state index in [-0.39, 0.29) is 17.8 Å². The fourth-order valence-corrected chi connectivity index (χ4v) is 3.76. The minimum absolute atomic E-state index is 0.0335. The molecular weight excluding hydrogens is 591 g/mol. The van der Waals surface area contributed by atoms with Gasteiger partial charge in [0.1, 0.15) is 5.84 Å². The van der Waals surface area contributed by atoms with E-state index in [2.05, 4.69) is 26.3 Å². The number of alkyl halides is 3. The third-order valence-electron chi connectivity index (χ3n) is 6.09. The van der Waals surface area contributed by atoms with Crippen LogP contribution in [0, 0.1) is 5.41 Å². The van der Waals surface area contributed by atoms with Gasteiger partial charge < -0.3 is 32.1 Å². The van der Waals surface area contributed by atoms with Crippen molar-refractivity contribution in [1.29, 1.82) is 5.41 Å². The number of carbonyl (C=O) groups excluding carboxylic acids is 2. The van der Waals surface area contributed by atoms with Gasteiger partial charge in [-0.2, -0.15) is 13.2 Å². The number of halogens is 3. The number of nitrogens with two attached hydrogens (primary N) is 1. The Labute approximate surface area is 256 Å². The molecule has 3 aromatic carbocycles. The number of amidine groups is 1. The van der Waals surface area contributed by atoms with Crippen LogP contribution in [0.5, 0.6) is 0 Å². The molecule has 45 heavy (non-hydrogen) atoms. The van der Waals surface area contributed by atoms with Gasteiger partial charge in [0.25, 0.3) is 5.91 Å². The number of para-hydroxylation sites is 2. The summed E-state index contributed by atoms with van der Waals surface area (Å²) < 4.78 is 31.7. The maximum Gasteiger partial charge on any atom is 0.490 e. The summed E-state index contributed by atoms with van der Waals surface area (Å²) in [6, 6.07) is 24.8. The number of amides is 3. The normalized spacial score (nSPS) is 11.2. The largest absolute Gasteiger partial charge is 0.490 e. The minimum Gasteiger partial charge on any atom is -0.475 e. The van der Waals surface area contributed by atoms with Gasteiger partial charge in [0.15, 0.2) is 0 Å². The zero-order chi connectivity index (χ0) is 33.0. The van der Waals surface area contributed by atoms with E-state index in [0.717, 1.165) is 16.8 Å². The standard InChI is InChI=1S/C29H29N7O2.C2HF3O2/c1-19(21-8-10-23(11-9-21)28(37)33-18-20-5-4-16-32-17-20)34-25-6-2-3-7-26(25)36-29(38)35-24-14-12-22(13-15-24)27(30)31;3-2(4,5)1(6)7/h2-17,19,34H,18H2,1H3,(H3,30,31)(H,33,37)(H2,35,36,38);(H,6,7). The second-order valence-corrected chi connectivity index (χ2v) is 9.45. The van der Waals surface area contributed by atoms with Crippen molar-refractivity contribution < 1.29 is 32.7 Å². The van der Waals surface area contributed by atoms with E-state index in [9.17, 15) is 22.8 Å². The molecule has 4 rings (SSSR count). The number of nitrogens with zero attached hydrogens (tertiary/aromatic N) is 1. The molecule has 0 aliphatic rings. The van der Waals surface area contributed by atoms with Gasteiger partial charge in [-0.05, 0) is 72.6 Å². The molecule has 0 fully saturated rings. The summed E-state index contributed by atoms with van der Waals surface area (Å²) in [5.74, 6) is -2.95. The zero-order valence-corrected chi connectivity index (χ0v) is 23.9. The Balaban J connectivity index is 0.000000707. The van der Waals surface area contributed by atoms with Crippen molar-refractivity contribution in [3.8, 4) is 0 Å². The van der Waals surface area contributed by atoms with E-state index in [0.29, 0.717) is 29.0 Å². The highest BCUT2D eigenvalue weighted by Gasteiger charge is 2.38. The average Bonchev–Trinajstić information content (AvgIpc) is 3.01. The van der Waals surface area contributed by atoms with Crippen molar-refractivity contribution in [3.63, 3.8) is 0 Å². The zero-order valence-electron chi connectivity index (χ0n) is 23.9. The van der Waals surface area contributed by atoms with Crippen molar-refractivity contribution >= 4 is 40.8 Å². The molecular formula is C31H30F3N7O4. The highest BCUT2D eigenvalue weighted by molar-refractivity contribution is 6.02. The lowest BCUT2D eigenvalue weighted by molar-refractivity contribution is -0.192. The van der Waals surface area contributed by atoms with E-state index in [4.69, 9.17) is 21.0 Å². The van der Waals surface area contributed by atoms with E-state index in [1.54, 1.807) is 48.8 Å². The third kappa shape index (κ3) is 10.7. The molecule has 0 bridgehead atoms. The van der Waals surface area contributed by atoms with Crippen LogP contribution in [0.15, 0.2) is 97.3 Å². The third-order valence-corrected chi connectivity index (χ3v) is 6.09. The highest BCUT2D eigenvalue weighted by Crippen LogP contribution is 2.27. The molecule has 1 aromatic heterocycles. The molecule has 0 saturated heterocycles. The number of aliphatic carboxylic acids is 1. The number of hydrogen-bond acceptors (Lipinski definition) is 6. The van der Waals surface area contributed by atoms with Crippen LogP contribution in [-0.4, -0.2) is 40.0 Å². The smallest absolute Gasteiger partial charge is 0.475 e. The van der Waals surface area contributed by atoms with Gasteiger partial charge in [0, 0.05) is 41.8 Å². The lowest BCUT2D eigenvalue weighted by atomic mass is 10.0. The van der Waals surface area contributed by atoms with Crippen LogP contribution in [0.1, 0.15) is 40.0 Å². The molecule has 8 N–H and O–H groups in total. The molecule has 234 valence electrons. The van der Waals surface area contributed by atoms with Crippen molar-refractivity contribution in [2.24, 2.45) is 5.73 Å². The molecule has 4 aromatic rings. The molecule has 1 unspecified atom stereocenters. The van der Waals surface area contributed by atoms with Crippen LogP contribution in [0.25, 0.3) is 0 Å². The second kappa shape index (κ2) is 15.5. The van der Waals surface area contributed by atoms with Crippen LogP contribution in [-0.2, 0) is 11.3 Å². The number of pyridine rings is 1. The number of rotatable bonds is 9. The Hall–Kier alpha value is -5.92. The van der Waals surface area contributed by atoms with Crippen LogP contribution in [0.3, 0.4) is 0 Å². The molecule has 14 heteroatoms. The first-order chi connectivity index (χ1) is 21.3. The SMILES string of the molecule is CC(Nc1ccccc1NC(=O)Nc1ccc(C(=N)N)cc1)c1ccc(C(=O)NCc2cccnc2)cc1.O=C(O)C(F)(F)F. The van der Waals surface area contributed by atoms with Crippen LogP contribution < -0.4 is 27.0 Å². The predicted octanol–water partition coefficient (Wildman–Crippen LogP) is 5.75. The fourth-order valence-electron chi connectivity index (χ4n) is 3.76. The van der Waals surface area contributed by atoms with Gasteiger partial charge in [0.2, 0.25) is 0 Å². The number of nitrogens with one attached hydrogen (secondary N) is 5. The summed E-state index contributed by atoms with van der Waals surface area (Å²) in [5.41, 5.74) is 10.5. The fraction of sp³-hybridized carbons (Fsp3) is 0.129. The highest BCUT2D eigenvalue weighted by atomic mass is 19.4. The number of carbonyl (C=O) groups is 3. The lowest BCUT2D eigenvalue weighted by Crippen LogP contribution is -2.23. The number of aromatic nitrogens is 1. The summed E-state index contributed by atoms with van der Waals surface area (Å²) in [6.07, 6.45) is -1.67. The van der Waals surface area contributed by atoms with E-state index < -0.39 is 18.2 Å². The van der Waals surface area contributed by atoms with E-state index >= 15 is 0 Å². The van der Waals surface area contributed by atoms with Gasteiger partial charge in [-0.1, -0.05) is 30.3 Å². The van der Waals surface area contributed by atoms with Gasteiger partial charge >= 0.3 is 18.2 Å². The molecule has 3 amide bonds. The van der Waals surface area contributed by atoms with Crippen molar-refractivity contribution in [2.75, 3.05) is 16.0 Å². The molecule has 1 atom stereocenters. The minimum atomic E-state index is -5.08. The number of benzene rings is 3. The molecule has 0 spiro atoms. The summed E-state index contributed by atoms with van der Waals surface area (Å²) in [4.78, 5) is 38.1. The Morgan fingerprint density at radius 2 is 1.49 bits per heavy atom. The maximum absolute atomic E-state index is 12.6. The molecule has 0 aliphatic carbocycles. The quantitative estimate of drug-likeness (QED) is 0.0918. The molecule has 11 nitrogen and oxygen atoms in total. The summed E-state index contributed by atoms with van der Waals surface area (Å²) in [6.45, 7) is 2.42. The molecule has 0 radical (unpaired) electrons. The van der Waals surface area contributed by atoms with Gasteiger partial charge in [-0.3, -0.25) is 15.2 Å². The predicted molar refractivity (Wildman–Crippen MR) is 164 cm³/mol. The maximum atomic E-state index is 12.6. The first-order valence-corrected chi connectivity index (χ1v) is 13.3. The molecule has 1 heterocycles. The Morgan fingerprint density at radius 1 is 0.889 bits per heavy atom. The van der Waals surface area contributed by atoms with Crippen LogP contribution >= 0.6 is 0 Å². The summed E-state index contributed by atoms with van der Waals surface area (Å²) >= 11 is 0. The Bertz CT molecular complexity index is 1620. The first kappa shape index (κ1) is 33.6. The summed E-state index contributed by atoms with van der Waals surface area (Å²) in [7, 11) is 0. The monoisotopic (exact) mass is 621 g/mol. The molecule has 0 saturated carbocycles. The lowest BCUT2D eigenvalue weighted by Gasteiger charge is -2.19. The summed E-state index contributed by atoms with van der Waals surface area (Å²) in [5, 5.41) is 26.6. The Morgan fingerprint density at radius 3 is 2.04 bits per heavy atom. The van der Waals surface area contributed by atoms with Crippen LogP contribution in [0.2, 0.25) is 0 Å². The average molecular weight is 622 g/mol. The molecule has 0 aliphatic heterocycles. The Kier molecular flexibility index (Phi) is 11.6. The van der Waals surface area contributed by atoms with Crippen molar-refractivity contribution in [3.05, 3.63) is 120 Å². The number of anilines is 3. The number of urea groups is 1. The van der Waals surface area contributed by atoms with Gasteiger partial charge in [0.05, 0.1) is 11.4 Å².